The number of carbonyl (C=O) groups excluding carboxylic acids is 1. The molecule has 11 nitrogen and oxygen atoms in total. The first-order chi connectivity index (χ1) is 13.0. The van der Waals surface area contributed by atoms with Crippen LogP contribution in [0.5, 0.6) is 0 Å². The number of para-hydroxylation sites is 1. The molecule has 0 spiro atoms. The Balaban J connectivity index is 2.00. The molecule has 27 heavy (non-hydrogen) atoms. The largest absolute Gasteiger partial charge is 0.465 e. The molecule has 1 aromatic carbocycles. The summed E-state index contributed by atoms with van der Waals surface area (Å²) >= 11 is 0. The van der Waals surface area contributed by atoms with E-state index < -0.39 is 16.6 Å². The maximum absolute atomic E-state index is 11.9. The standard InChI is InChI=1S/C16H14N6O5/c1-9-7-12(21-27-9)20-15-13(22(24)25)14(17-8-18-15)19-11-6-4-3-5-10(11)16(23)26-2/h3-8H,1-2H3,(H2,17,18,19,20,21). The number of esters is 1. The molecule has 138 valence electrons. The van der Waals surface area contributed by atoms with Crippen LogP contribution in [0, 0.1) is 17.0 Å². The highest BCUT2D eigenvalue weighted by atomic mass is 16.6. The van der Waals surface area contributed by atoms with Gasteiger partial charge >= 0.3 is 11.7 Å². The van der Waals surface area contributed by atoms with Gasteiger partial charge in [-0.05, 0) is 19.1 Å². The Morgan fingerprint density at radius 3 is 2.56 bits per heavy atom. The van der Waals surface area contributed by atoms with E-state index in [2.05, 4.69) is 25.8 Å². The van der Waals surface area contributed by atoms with Crippen LogP contribution in [0.25, 0.3) is 0 Å². The first-order valence-corrected chi connectivity index (χ1v) is 7.63. The van der Waals surface area contributed by atoms with E-state index in [1.54, 1.807) is 31.2 Å². The molecule has 2 aromatic heterocycles. The van der Waals surface area contributed by atoms with Gasteiger partial charge in [-0.25, -0.2) is 14.8 Å². The fourth-order valence-corrected chi connectivity index (χ4v) is 2.29. The second-order valence-corrected chi connectivity index (χ2v) is 5.29. The van der Waals surface area contributed by atoms with Crippen molar-refractivity contribution in [3.63, 3.8) is 0 Å². The summed E-state index contributed by atoms with van der Waals surface area (Å²) in [6.45, 7) is 1.68. The van der Waals surface area contributed by atoms with Crippen molar-refractivity contribution in [1.29, 1.82) is 0 Å². The molecule has 3 rings (SSSR count). The van der Waals surface area contributed by atoms with Crippen molar-refractivity contribution in [3.8, 4) is 0 Å². The predicted molar refractivity (Wildman–Crippen MR) is 94.3 cm³/mol. The maximum Gasteiger partial charge on any atom is 0.353 e. The Bertz CT molecular complexity index is 1000. The Labute approximate surface area is 152 Å². The van der Waals surface area contributed by atoms with Crippen LogP contribution in [0.1, 0.15) is 16.1 Å². The maximum atomic E-state index is 11.9. The van der Waals surface area contributed by atoms with Crippen LogP contribution in [-0.2, 0) is 4.74 Å². The fourth-order valence-electron chi connectivity index (χ4n) is 2.29. The number of nitrogens with one attached hydrogen (secondary N) is 2. The SMILES string of the molecule is COC(=O)c1ccccc1Nc1ncnc(Nc2cc(C)on2)c1[N+](=O)[O-]. The smallest absolute Gasteiger partial charge is 0.353 e. The molecule has 0 aliphatic heterocycles. The number of methoxy groups -OCH3 is 1. The molecule has 11 heteroatoms. The zero-order chi connectivity index (χ0) is 19.4. The molecule has 2 heterocycles. The van der Waals surface area contributed by atoms with Crippen molar-refractivity contribution in [1.82, 2.24) is 15.1 Å². The number of nitro groups is 1. The van der Waals surface area contributed by atoms with Crippen LogP contribution in [0.15, 0.2) is 41.2 Å². The van der Waals surface area contributed by atoms with E-state index >= 15 is 0 Å². The van der Waals surface area contributed by atoms with Crippen LogP contribution in [-0.4, -0.2) is 33.1 Å². The minimum Gasteiger partial charge on any atom is -0.465 e. The van der Waals surface area contributed by atoms with Crippen molar-refractivity contribution in [2.75, 3.05) is 17.7 Å². The van der Waals surface area contributed by atoms with E-state index in [1.165, 1.54) is 13.2 Å². The van der Waals surface area contributed by atoms with E-state index in [9.17, 15) is 14.9 Å². The Hall–Kier alpha value is -4.02. The molecule has 0 atom stereocenters. The average Bonchev–Trinajstić information content (AvgIpc) is 3.06. The summed E-state index contributed by atoms with van der Waals surface area (Å²) in [5.74, 6) is 0.0106. The number of hydrogen-bond acceptors (Lipinski definition) is 10. The lowest BCUT2D eigenvalue weighted by molar-refractivity contribution is -0.383. The second-order valence-electron chi connectivity index (χ2n) is 5.29. The molecule has 0 unspecified atom stereocenters. The molecule has 0 amide bonds. The summed E-state index contributed by atoms with van der Waals surface area (Å²) in [6.07, 6.45) is 1.14. The summed E-state index contributed by atoms with van der Waals surface area (Å²) in [4.78, 5) is 30.7. The highest BCUT2D eigenvalue weighted by Gasteiger charge is 2.25. The Morgan fingerprint density at radius 2 is 1.93 bits per heavy atom. The van der Waals surface area contributed by atoms with Gasteiger partial charge in [-0.1, -0.05) is 17.3 Å². The third kappa shape index (κ3) is 3.81. The average molecular weight is 370 g/mol. The van der Waals surface area contributed by atoms with E-state index in [0.29, 0.717) is 11.4 Å². The summed E-state index contributed by atoms with van der Waals surface area (Å²) in [6, 6.07) is 7.97. The van der Waals surface area contributed by atoms with Crippen LogP contribution in [0.2, 0.25) is 0 Å². The minimum absolute atomic E-state index is 0.0821. The second kappa shape index (κ2) is 7.47. The quantitative estimate of drug-likeness (QED) is 0.377. The van der Waals surface area contributed by atoms with E-state index in [4.69, 9.17) is 9.26 Å². The predicted octanol–water partition coefficient (Wildman–Crippen LogP) is 2.96. The number of aryl methyl sites for hydroxylation is 1. The summed E-state index contributed by atoms with van der Waals surface area (Å²) in [5, 5.41) is 20.8. The van der Waals surface area contributed by atoms with E-state index in [-0.39, 0.29) is 23.0 Å². The number of aromatic nitrogens is 3. The van der Waals surface area contributed by atoms with Crippen molar-refractivity contribution in [2.45, 2.75) is 6.92 Å². The lowest BCUT2D eigenvalue weighted by atomic mass is 10.2. The number of anilines is 4. The Morgan fingerprint density at radius 1 is 1.22 bits per heavy atom. The minimum atomic E-state index is -0.641. The summed E-state index contributed by atoms with van der Waals surface area (Å²) in [7, 11) is 1.24. The van der Waals surface area contributed by atoms with Crippen LogP contribution < -0.4 is 10.6 Å². The van der Waals surface area contributed by atoms with Gasteiger partial charge in [0.15, 0.2) is 5.82 Å². The molecule has 0 aliphatic carbocycles. The van der Waals surface area contributed by atoms with Gasteiger partial charge in [0.2, 0.25) is 11.6 Å². The van der Waals surface area contributed by atoms with Crippen molar-refractivity contribution in [3.05, 3.63) is 58.1 Å². The number of rotatable bonds is 6. The van der Waals surface area contributed by atoms with Crippen LogP contribution in [0.4, 0.5) is 28.8 Å². The number of hydrogen-bond donors (Lipinski definition) is 2. The zero-order valence-electron chi connectivity index (χ0n) is 14.3. The van der Waals surface area contributed by atoms with Gasteiger partial charge in [0, 0.05) is 6.07 Å². The highest BCUT2D eigenvalue weighted by Crippen LogP contribution is 2.33. The van der Waals surface area contributed by atoms with Gasteiger partial charge in [-0.2, -0.15) is 0 Å². The lowest BCUT2D eigenvalue weighted by Crippen LogP contribution is -2.09. The first kappa shape index (κ1) is 17.8. The van der Waals surface area contributed by atoms with Crippen molar-refractivity contribution < 1.29 is 19.0 Å². The third-order valence-electron chi connectivity index (χ3n) is 3.46. The molecule has 0 aliphatic rings. The highest BCUT2D eigenvalue weighted by molar-refractivity contribution is 5.96. The van der Waals surface area contributed by atoms with E-state index in [1.807, 2.05) is 0 Å². The third-order valence-corrected chi connectivity index (χ3v) is 3.46. The Kier molecular flexibility index (Phi) is 4.92. The molecule has 0 fully saturated rings. The molecular weight excluding hydrogens is 356 g/mol. The summed E-state index contributed by atoms with van der Waals surface area (Å²) < 4.78 is 9.65. The fraction of sp³-hybridized carbons (Fsp3) is 0.125. The van der Waals surface area contributed by atoms with E-state index in [0.717, 1.165) is 6.33 Å². The van der Waals surface area contributed by atoms with Crippen molar-refractivity contribution >= 4 is 34.8 Å². The van der Waals surface area contributed by atoms with Gasteiger partial charge in [-0.15, -0.1) is 0 Å². The number of ether oxygens (including phenoxy) is 1. The summed E-state index contributed by atoms with van der Waals surface area (Å²) in [5.41, 5.74) is 0.0850. The van der Waals surface area contributed by atoms with Gasteiger partial charge in [0.25, 0.3) is 0 Å². The normalized spacial score (nSPS) is 10.3. The van der Waals surface area contributed by atoms with Crippen molar-refractivity contribution in [2.24, 2.45) is 0 Å². The van der Waals surface area contributed by atoms with Crippen LogP contribution in [0.3, 0.4) is 0 Å². The molecule has 2 N–H and O–H groups in total. The topological polar surface area (TPSA) is 145 Å². The molecule has 0 saturated heterocycles. The number of benzene rings is 1. The first-order valence-electron chi connectivity index (χ1n) is 7.63. The van der Waals surface area contributed by atoms with Gasteiger partial charge in [-0.3, -0.25) is 10.1 Å². The van der Waals surface area contributed by atoms with Gasteiger partial charge in [0.1, 0.15) is 12.1 Å². The zero-order valence-corrected chi connectivity index (χ0v) is 14.3. The molecular formula is C16H14N6O5. The number of carbonyl (C=O) groups is 1. The molecule has 3 aromatic rings. The van der Waals surface area contributed by atoms with Gasteiger partial charge in [0.05, 0.1) is 23.3 Å². The lowest BCUT2D eigenvalue weighted by Gasteiger charge is -2.11. The van der Waals surface area contributed by atoms with Crippen LogP contribution >= 0.6 is 0 Å². The monoisotopic (exact) mass is 370 g/mol. The molecule has 0 radical (unpaired) electrons. The molecule has 0 saturated carbocycles. The number of nitrogens with zero attached hydrogens (tertiary/aromatic N) is 4. The molecule has 0 bridgehead atoms. The van der Waals surface area contributed by atoms with Gasteiger partial charge < -0.3 is 19.9 Å².